The summed E-state index contributed by atoms with van der Waals surface area (Å²) in [6, 6.07) is 12.3. The fourth-order valence-corrected chi connectivity index (χ4v) is 3.69. The van der Waals surface area contributed by atoms with Gasteiger partial charge in [-0.25, -0.2) is 4.79 Å². The van der Waals surface area contributed by atoms with Gasteiger partial charge in [-0.2, -0.15) is 0 Å². The zero-order valence-electron chi connectivity index (χ0n) is 15.8. The summed E-state index contributed by atoms with van der Waals surface area (Å²) in [4.78, 5) is 24.5. The van der Waals surface area contributed by atoms with Crippen molar-refractivity contribution < 1.29 is 14.3 Å². The van der Waals surface area contributed by atoms with Crippen LogP contribution in [-0.2, 0) is 10.8 Å². The molecule has 0 aliphatic heterocycles. The summed E-state index contributed by atoms with van der Waals surface area (Å²) in [6.07, 6.45) is 1.96. The molecule has 0 aromatic heterocycles. The third-order valence-electron chi connectivity index (χ3n) is 5.38. The summed E-state index contributed by atoms with van der Waals surface area (Å²) >= 11 is 0. The lowest BCUT2D eigenvalue weighted by molar-refractivity contribution is 0.0728. The number of carbonyl (C=O) groups excluding carboxylic acids is 2. The highest BCUT2D eigenvalue weighted by Gasteiger charge is 2.40. The zero-order chi connectivity index (χ0) is 19.1. The molecule has 0 bridgehead atoms. The lowest BCUT2D eigenvalue weighted by atomic mass is 9.62. The van der Waals surface area contributed by atoms with E-state index in [2.05, 4.69) is 27.7 Å². The summed E-state index contributed by atoms with van der Waals surface area (Å²) in [5.74, 6) is -0.527. The second-order valence-electron chi connectivity index (χ2n) is 8.28. The molecule has 0 saturated carbocycles. The van der Waals surface area contributed by atoms with Crippen LogP contribution in [0.15, 0.2) is 42.5 Å². The molecule has 0 unspecified atom stereocenters. The Bertz CT molecular complexity index is 866. The predicted octanol–water partition coefficient (Wildman–Crippen LogP) is 4.35. The Morgan fingerprint density at radius 1 is 0.923 bits per heavy atom. The molecule has 0 saturated heterocycles. The molecule has 2 aromatic carbocycles. The molecule has 1 aliphatic rings. The number of esters is 1. The van der Waals surface area contributed by atoms with Gasteiger partial charge in [0.1, 0.15) is 5.75 Å². The van der Waals surface area contributed by atoms with E-state index in [4.69, 9.17) is 10.5 Å². The first-order chi connectivity index (χ1) is 12.1. The standard InChI is InChI=1S/C22H25NO3/c1-21(2)10-11-22(3,4)18-16(21)12-15(19(23)24)13-17(18)26-20(25)14-8-6-5-7-9-14/h5-9,12-13H,10-11H2,1-4H3,(H2,23,24). The van der Waals surface area contributed by atoms with Crippen molar-refractivity contribution in [1.29, 1.82) is 0 Å². The van der Waals surface area contributed by atoms with Crippen LogP contribution in [-0.4, -0.2) is 11.9 Å². The first kappa shape index (κ1) is 18.2. The summed E-state index contributed by atoms with van der Waals surface area (Å²) < 4.78 is 5.77. The number of hydrogen-bond acceptors (Lipinski definition) is 3. The Hall–Kier alpha value is -2.62. The number of rotatable bonds is 3. The zero-order valence-corrected chi connectivity index (χ0v) is 15.8. The SMILES string of the molecule is CC1(C)CCC(C)(C)c2c(OC(=O)c3ccccc3)cc(C(N)=O)cc21. The molecule has 2 N–H and O–H groups in total. The van der Waals surface area contributed by atoms with Crippen molar-refractivity contribution in [2.45, 2.75) is 51.4 Å². The van der Waals surface area contributed by atoms with Gasteiger partial charge in [0.2, 0.25) is 5.91 Å². The number of nitrogens with two attached hydrogens (primary N) is 1. The second kappa shape index (κ2) is 6.27. The maximum Gasteiger partial charge on any atom is 0.343 e. The van der Waals surface area contributed by atoms with Crippen molar-refractivity contribution >= 4 is 11.9 Å². The van der Waals surface area contributed by atoms with Gasteiger partial charge in [0.05, 0.1) is 5.56 Å². The van der Waals surface area contributed by atoms with Crippen molar-refractivity contribution in [1.82, 2.24) is 0 Å². The molecule has 136 valence electrons. The van der Waals surface area contributed by atoms with Crippen molar-refractivity contribution in [3.05, 3.63) is 64.7 Å². The number of primary amides is 1. The van der Waals surface area contributed by atoms with E-state index in [-0.39, 0.29) is 10.8 Å². The molecular formula is C22H25NO3. The minimum atomic E-state index is -0.524. The first-order valence-electron chi connectivity index (χ1n) is 8.88. The van der Waals surface area contributed by atoms with Gasteiger partial charge < -0.3 is 10.5 Å². The van der Waals surface area contributed by atoms with Gasteiger partial charge in [-0.1, -0.05) is 45.9 Å². The average molecular weight is 351 g/mol. The van der Waals surface area contributed by atoms with E-state index in [1.54, 1.807) is 30.3 Å². The van der Waals surface area contributed by atoms with Gasteiger partial charge in [0.25, 0.3) is 0 Å². The van der Waals surface area contributed by atoms with Crippen molar-refractivity contribution in [3.8, 4) is 5.75 Å². The van der Waals surface area contributed by atoms with Crippen LogP contribution in [0.25, 0.3) is 0 Å². The predicted molar refractivity (Wildman–Crippen MR) is 102 cm³/mol. The third kappa shape index (κ3) is 3.24. The van der Waals surface area contributed by atoms with Crippen molar-refractivity contribution in [3.63, 3.8) is 0 Å². The molecule has 0 fully saturated rings. The molecule has 1 aliphatic carbocycles. The van der Waals surface area contributed by atoms with Gasteiger partial charge in [-0.15, -0.1) is 0 Å². The normalized spacial score (nSPS) is 17.2. The fourth-order valence-electron chi connectivity index (χ4n) is 3.69. The Morgan fingerprint density at radius 3 is 2.15 bits per heavy atom. The molecule has 4 heteroatoms. The lowest BCUT2D eigenvalue weighted by Gasteiger charge is -2.42. The molecular weight excluding hydrogens is 326 g/mol. The van der Waals surface area contributed by atoms with Crippen LogP contribution in [0.4, 0.5) is 0 Å². The summed E-state index contributed by atoms with van der Waals surface area (Å²) in [6.45, 7) is 8.58. The number of hydrogen-bond donors (Lipinski definition) is 1. The van der Waals surface area contributed by atoms with Gasteiger partial charge in [0.15, 0.2) is 0 Å². The van der Waals surface area contributed by atoms with E-state index in [0.29, 0.717) is 16.9 Å². The number of benzene rings is 2. The minimum absolute atomic E-state index is 0.121. The maximum absolute atomic E-state index is 12.6. The Balaban J connectivity index is 2.16. The van der Waals surface area contributed by atoms with Crippen molar-refractivity contribution in [2.24, 2.45) is 5.73 Å². The first-order valence-corrected chi connectivity index (χ1v) is 8.88. The van der Waals surface area contributed by atoms with Crippen LogP contribution >= 0.6 is 0 Å². The molecule has 2 aromatic rings. The summed E-state index contributed by atoms with van der Waals surface area (Å²) in [7, 11) is 0. The van der Waals surface area contributed by atoms with Crippen molar-refractivity contribution in [2.75, 3.05) is 0 Å². The highest BCUT2D eigenvalue weighted by molar-refractivity contribution is 5.95. The van der Waals surface area contributed by atoms with Gasteiger partial charge in [0, 0.05) is 11.1 Å². The molecule has 26 heavy (non-hydrogen) atoms. The molecule has 0 spiro atoms. The number of fused-ring (bicyclic) bond motifs is 1. The number of amides is 1. The topological polar surface area (TPSA) is 69.4 Å². The monoisotopic (exact) mass is 351 g/mol. The lowest BCUT2D eigenvalue weighted by Crippen LogP contribution is -2.35. The van der Waals surface area contributed by atoms with Crippen LogP contribution in [0.2, 0.25) is 0 Å². The maximum atomic E-state index is 12.6. The van der Waals surface area contributed by atoms with E-state index >= 15 is 0 Å². The van der Waals surface area contributed by atoms with E-state index < -0.39 is 11.9 Å². The number of ether oxygens (including phenoxy) is 1. The van der Waals surface area contributed by atoms with Crippen LogP contribution in [0.3, 0.4) is 0 Å². The third-order valence-corrected chi connectivity index (χ3v) is 5.38. The van der Waals surface area contributed by atoms with E-state index in [1.165, 1.54) is 0 Å². The molecule has 0 radical (unpaired) electrons. The Labute approximate surface area is 154 Å². The minimum Gasteiger partial charge on any atom is -0.423 e. The molecule has 4 nitrogen and oxygen atoms in total. The highest BCUT2D eigenvalue weighted by Crippen LogP contribution is 2.49. The molecule has 0 heterocycles. The second-order valence-corrected chi connectivity index (χ2v) is 8.28. The fraction of sp³-hybridized carbons (Fsp3) is 0.364. The van der Waals surface area contributed by atoms with E-state index in [0.717, 1.165) is 24.0 Å². The molecule has 3 rings (SSSR count). The van der Waals surface area contributed by atoms with Gasteiger partial charge in [-0.05, 0) is 53.5 Å². The number of carbonyl (C=O) groups is 2. The van der Waals surface area contributed by atoms with E-state index in [9.17, 15) is 9.59 Å². The van der Waals surface area contributed by atoms with Crippen LogP contribution in [0.5, 0.6) is 5.75 Å². The van der Waals surface area contributed by atoms with Gasteiger partial charge >= 0.3 is 5.97 Å². The molecule has 1 amide bonds. The quantitative estimate of drug-likeness (QED) is 0.660. The molecule has 0 atom stereocenters. The smallest absolute Gasteiger partial charge is 0.343 e. The summed E-state index contributed by atoms with van der Waals surface area (Å²) in [5.41, 5.74) is 8.11. The summed E-state index contributed by atoms with van der Waals surface area (Å²) in [5, 5.41) is 0. The largest absolute Gasteiger partial charge is 0.423 e. The van der Waals surface area contributed by atoms with Gasteiger partial charge in [-0.3, -0.25) is 4.79 Å². The van der Waals surface area contributed by atoms with Crippen LogP contribution in [0, 0.1) is 0 Å². The van der Waals surface area contributed by atoms with Crippen LogP contribution < -0.4 is 10.5 Å². The van der Waals surface area contributed by atoms with Crippen LogP contribution in [0.1, 0.15) is 72.4 Å². The van der Waals surface area contributed by atoms with E-state index in [1.807, 2.05) is 12.1 Å². The Kier molecular flexibility index (Phi) is 4.39. The average Bonchev–Trinajstić information content (AvgIpc) is 2.59. The Morgan fingerprint density at radius 2 is 1.54 bits per heavy atom. The highest BCUT2D eigenvalue weighted by atomic mass is 16.5.